The maximum atomic E-state index is 3.49. The molecule has 0 atom stereocenters. The molecule has 3 heteroatoms. The summed E-state index contributed by atoms with van der Waals surface area (Å²) >= 11 is 5.26. The number of thiophene rings is 1. The molecule has 0 bridgehead atoms. The highest BCUT2D eigenvalue weighted by Crippen LogP contribution is 2.20. The highest BCUT2D eigenvalue weighted by Gasteiger charge is 1.99. The summed E-state index contributed by atoms with van der Waals surface area (Å²) in [6, 6.07) is 17.3. The molecular formula is C16H14BrNS. The molecule has 1 N–H and O–H groups in total. The minimum absolute atomic E-state index is 0.903. The molecule has 0 saturated carbocycles. The number of rotatable bonds is 4. The molecule has 1 aromatic heterocycles. The van der Waals surface area contributed by atoms with E-state index in [1.54, 1.807) is 11.3 Å². The molecular weight excluding hydrogens is 318 g/mol. The van der Waals surface area contributed by atoms with E-state index >= 15 is 0 Å². The van der Waals surface area contributed by atoms with Crippen LogP contribution in [0.4, 0.5) is 0 Å². The van der Waals surface area contributed by atoms with Gasteiger partial charge in [0.15, 0.2) is 0 Å². The van der Waals surface area contributed by atoms with Crippen molar-refractivity contribution in [1.29, 1.82) is 0 Å². The van der Waals surface area contributed by atoms with Crippen molar-refractivity contribution < 1.29 is 0 Å². The number of nitrogens with one attached hydrogen (secondary N) is 1. The third kappa shape index (κ3) is 3.24. The monoisotopic (exact) mass is 331 g/mol. The van der Waals surface area contributed by atoms with E-state index in [1.165, 1.54) is 25.7 Å². The minimum Gasteiger partial charge on any atom is -0.308 e. The van der Waals surface area contributed by atoms with Gasteiger partial charge in [0.1, 0.15) is 0 Å². The Balaban J connectivity index is 1.65. The first-order valence-corrected chi connectivity index (χ1v) is 7.90. The standard InChI is InChI=1S/C16H14BrNS/c17-15-8-16(19-11-15)10-18-9-12-5-6-13-3-1-2-4-14(13)7-12/h1-8,11,18H,9-10H2. The van der Waals surface area contributed by atoms with Crippen LogP contribution in [-0.2, 0) is 13.1 Å². The lowest BCUT2D eigenvalue weighted by Crippen LogP contribution is -2.11. The van der Waals surface area contributed by atoms with Gasteiger partial charge < -0.3 is 5.32 Å². The summed E-state index contributed by atoms with van der Waals surface area (Å²) in [4.78, 5) is 1.35. The molecule has 0 radical (unpaired) electrons. The summed E-state index contributed by atoms with van der Waals surface area (Å²) in [5.41, 5.74) is 1.33. The molecule has 0 aliphatic rings. The van der Waals surface area contributed by atoms with E-state index in [-0.39, 0.29) is 0 Å². The molecule has 0 unspecified atom stereocenters. The van der Waals surface area contributed by atoms with E-state index in [9.17, 15) is 0 Å². The van der Waals surface area contributed by atoms with Crippen molar-refractivity contribution in [2.75, 3.05) is 0 Å². The Labute approximate surface area is 125 Å². The van der Waals surface area contributed by atoms with Crippen LogP contribution in [0.15, 0.2) is 58.4 Å². The Morgan fingerprint density at radius 3 is 2.58 bits per heavy atom. The lowest BCUT2D eigenvalue weighted by Gasteiger charge is -2.05. The molecule has 3 rings (SSSR count). The van der Waals surface area contributed by atoms with E-state index in [0.29, 0.717) is 0 Å². The Bertz CT molecular complexity index is 690. The third-order valence-corrected chi connectivity index (χ3v) is 4.76. The van der Waals surface area contributed by atoms with Crippen LogP contribution in [0.1, 0.15) is 10.4 Å². The van der Waals surface area contributed by atoms with Crippen LogP contribution < -0.4 is 5.32 Å². The minimum atomic E-state index is 0.903. The fourth-order valence-corrected chi connectivity index (χ4v) is 3.55. The third-order valence-electron chi connectivity index (χ3n) is 3.06. The highest BCUT2D eigenvalue weighted by atomic mass is 79.9. The predicted molar refractivity (Wildman–Crippen MR) is 86.5 cm³/mol. The SMILES string of the molecule is Brc1csc(CNCc2ccc3ccccc3c2)c1. The van der Waals surface area contributed by atoms with Gasteiger partial charge in [-0.2, -0.15) is 0 Å². The van der Waals surface area contributed by atoms with Crippen LogP contribution in [0.25, 0.3) is 10.8 Å². The fourth-order valence-electron chi connectivity index (χ4n) is 2.13. The van der Waals surface area contributed by atoms with Gasteiger partial charge in [0, 0.05) is 27.8 Å². The van der Waals surface area contributed by atoms with E-state index in [2.05, 4.69) is 75.2 Å². The molecule has 2 aromatic carbocycles. The van der Waals surface area contributed by atoms with Crippen LogP contribution in [0.2, 0.25) is 0 Å². The van der Waals surface area contributed by atoms with Crippen LogP contribution in [-0.4, -0.2) is 0 Å². The van der Waals surface area contributed by atoms with E-state index in [0.717, 1.165) is 13.1 Å². The van der Waals surface area contributed by atoms with Crippen LogP contribution >= 0.6 is 27.3 Å². The van der Waals surface area contributed by atoms with E-state index < -0.39 is 0 Å². The summed E-state index contributed by atoms with van der Waals surface area (Å²) in [7, 11) is 0. The quantitative estimate of drug-likeness (QED) is 0.712. The average Bonchev–Trinajstić information content (AvgIpc) is 2.84. The summed E-state index contributed by atoms with van der Waals surface area (Å²) in [6.45, 7) is 1.82. The number of hydrogen-bond donors (Lipinski definition) is 1. The average molecular weight is 332 g/mol. The van der Waals surface area contributed by atoms with Gasteiger partial charge in [-0.1, -0.05) is 36.4 Å². The van der Waals surface area contributed by atoms with Crippen molar-refractivity contribution in [2.45, 2.75) is 13.1 Å². The van der Waals surface area contributed by atoms with Gasteiger partial charge in [-0.25, -0.2) is 0 Å². The van der Waals surface area contributed by atoms with E-state index in [1.807, 2.05) is 0 Å². The fraction of sp³-hybridized carbons (Fsp3) is 0.125. The highest BCUT2D eigenvalue weighted by molar-refractivity contribution is 9.10. The van der Waals surface area contributed by atoms with Gasteiger partial charge in [-0.05, 0) is 44.4 Å². The number of hydrogen-bond acceptors (Lipinski definition) is 2. The molecule has 0 aliphatic carbocycles. The summed E-state index contributed by atoms with van der Waals surface area (Å²) in [5.74, 6) is 0. The molecule has 19 heavy (non-hydrogen) atoms. The first kappa shape index (κ1) is 12.9. The second-order valence-corrected chi connectivity index (χ2v) is 6.43. The van der Waals surface area contributed by atoms with Gasteiger partial charge in [-0.3, -0.25) is 0 Å². The van der Waals surface area contributed by atoms with Gasteiger partial charge in [-0.15, -0.1) is 11.3 Å². The van der Waals surface area contributed by atoms with Crippen molar-refractivity contribution in [3.05, 3.63) is 68.8 Å². The van der Waals surface area contributed by atoms with Gasteiger partial charge >= 0.3 is 0 Å². The molecule has 3 aromatic rings. The molecule has 1 nitrogen and oxygen atoms in total. The molecule has 0 amide bonds. The van der Waals surface area contributed by atoms with Crippen molar-refractivity contribution in [3.8, 4) is 0 Å². The predicted octanol–water partition coefficient (Wildman–Crippen LogP) is 4.95. The second kappa shape index (κ2) is 5.87. The topological polar surface area (TPSA) is 12.0 Å². The molecule has 0 fully saturated rings. The normalized spacial score (nSPS) is 11.0. The van der Waals surface area contributed by atoms with Gasteiger partial charge in [0.2, 0.25) is 0 Å². The largest absolute Gasteiger partial charge is 0.308 e. The van der Waals surface area contributed by atoms with Gasteiger partial charge in [0.05, 0.1) is 0 Å². The summed E-state index contributed by atoms with van der Waals surface area (Å²) in [5, 5.41) is 8.21. The smallest absolute Gasteiger partial charge is 0.0303 e. The Morgan fingerprint density at radius 1 is 0.947 bits per heavy atom. The van der Waals surface area contributed by atoms with Crippen molar-refractivity contribution in [1.82, 2.24) is 5.32 Å². The molecule has 0 spiro atoms. The van der Waals surface area contributed by atoms with Crippen LogP contribution in [0, 0.1) is 0 Å². The molecule has 0 aliphatic heterocycles. The second-order valence-electron chi connectivity index (χ2n) is 4.52. The number of halogens is 1. The summed E-state index contributed by atoms with van der Waals surface area (Å²) < 4.78 is 1.17. The van der Waals surface area contributed by atoms with Crippen molar-refractivity contribution in [3.63, 3.8) is 0 Å². The Hall–Kier alpha value is -1.16. The van der Waals surface area contributed by atoms with Crippen LogP contribution in [0.5, 0.6) is 0 Å². The molecule has 0 saturated heterocycles. The first-order chi connectivity index (χ1) is 9.31. The lowest BCUT2D eigenvalue weighted by atomic mass is 10.1. The number of fused-ring (bicyclic) bond motifs is 1. The maximum Gasteiger partial charge on any atom is 0.0303 e. The molecule has 96 valence electrons. The lowest BCUT2D eigenvalue weighted by molar-refractivity contribution is 0.701. The molecule has 1 heterocycles. The zero-order chi connectivity index (χ0) is 13.1. The zero-order valence-corrected chi connectivity index (χ0v) is 12.8. The Morgan fingerprint density at radius 2 is 1.79 bits per heavy atom. The van der Waals surface area contributed by atoms with E-state index in [4.69, 9.17) is 0 Å². The van der Waals surface area contributed by atoms with Crippen molar-refractivity contribution >= 4 is 38.0 Å². The Kier molecular flexibility index (Phi) is 3.97. The number of benzene rings is 2. The maximum absolute atomic E-state index is 3.49. The zero-order valence-electron chi connectivity index (χ0n) is 10.4. The van der Waals surface area contributed by atoms with Crippen LogP contribution in [0.3, 0.4) is 0 Å². The summed E-state index contributed by atoms with van der Waals surface area (Å²) in [6.07, 6.45) is 0. The first-order valence-electron chi connectivity index (χ1n) is 6.22. The van der Waals surface area contributed by atoms with Crippen molar-refractivity contribution in [2.24, 2.45) is 0 Å². The van der Waals surface area contributed by atoms with Gasteiger partial charge in [0.25, 0.3) is 0 Å².